The molecule has 0 spiro atoms. The van der Waals surface area contributed by atoms with Gasteiger partial charge in [0.25, 0.3) is 0 Å². The maximum absolute atomic E-state index is 10.6. The molecule has 16 heavy (non-hydrogen) atoms. The number of nitrogens with one attached hydrogen (secondary N) is 1. The van der Waals surface area contributed by atoms with Crippen LogP contribution < -0.4 is 5.32 Å². The number of aromatic carboxylic acids is 1. The van der Waals surface area contributed by atoms with Crippen molar-refractivity contribution in [1.82, 2.24) is 5.32 Å². The second kappa shape index (κ2) is 6.59. The minimum absolute atomic E-state index is 0.290. The van der Waals surface area contributed by atoms with E-state index in [2.05, 4.69) is 5.32 Å². The quantitative estimate of drug-likeness (QED) is 0.653. The number of aliphatic hydroxyl groups is 1. The van der Waals surface area contributed by atoms with Gasteiger partial charge in [-0.15, -0.1) is 11.3 Å². The van der Waals surface area contributed by atoms with Crippen LogP contribution in [0.25, 0.3) is 0 Å². The average Bonchev–Trinajstić information content (AvgIpc) is 2.67. The molecule has 90 valence electrons. The molecule has 5 nitrogen and oxygen atoms in total. The third kappa shape index (κ3) is 4.28. The molecule has 0 saturated heterocycles. The van der Waals surface area contributed by atoms with E-state index >= 15 is 0 Å². The molecule has 1 unspecified atom stereocenters. The Hall–Kier alpha value is -0.950. The molecule has 0 bridgehead atoms. The monoisotopic (exact) mass is 245 g/mol. The summed E-state index contributed by atoms with van der Waals surface area (Å²) in [5.41, 5.74) is 0.305. The first-order valence-corrected chi connectivity index (χ1v) is 5.70. The van der Waals surface area contributed by atoms with Gasteiger partial charge < -0.3 is 20.3 Å². The predicted octanol–water partition coefficient (Wildman–Crippen LogP) is 0.543. The molecular formula is C10H15NO4S. The Kier molecular flexibility index (Phi) is 5.41. The maximum atomic E-state index is 10.6. The fourth-order valence-corrected chi connectivity index (χ4v) is 2.03. The van der Waals surface area contributed by atoms with Crippen LogP contribution in [0, 0.1) is 0 Å². The lowest BCUT2D eigenvalue weighted by atomic mass is 10.3. The van der Waals surface area contributed by atoms with E-state index in [0.717, 1.165) is 4.88 Å². The number of rotatable bonds is 7. The summed E-state index contributed by atoms with van der Waals surface area (Å²) in [6, 6.07) is 1.63. The van der Waals surface area contributed by atoms with Crippen LogP contribution in [0.4, 0.5) is 0 Å². The van der Waals surface area contributed by atoms with Gasteiger partial charge in [0.1, 0.15) is 0 Å². The van der Waals surface area contributed by atoms with Crippen LogP contribution >= 0.6 is 11.3 Å². The molecule has 0 aliphatic rings. The van der Waals surface area contributed by atoms with Crippen molar-refractivity contribution >= 4 is 17.3 Å². The zero-order chi connectivity index (χ0) is 12.0. The van der Waals surface area contributed by atoms with Crippen LogP contribution in [0.5, 0.6) is 0 Å². The van der Waals surface area contributed by atoms with Crippen molar-refractivity contribution in [3.63, 3.8) is 0 Å². The highest BCUT2D eigenvalue weighted by atomic mass is 32.1. The van der Waals surface area contributed by atoms with Gasteiger partial charge in [0.15, 0.2) is 0 Å². The Labute approximate surface area is 97.7 Å². The summed E-state index contributed by atoms with van der Waals surface area (Å²) in [5.74, 6) is -0.915. The molecule has 0 aromatic carbocycles. The van der Waals surface area contributed by atoms with Gasteiger partial charge in [-0.3, -0.25) is 0 Å². The van der Waals surface area contributed by atoms with E-state index in [1.807, 2.05) is 0 Å². The van der Waals surface area contributed by atoms with Crippen LogP contribution in [0.15, 0.2) is 11.4 Å². The molecule has 1 aromatic rings. The summed E-state index contributed by atoms with van der Waals surface area (Å²) in [5, 5.41) is 22.7. The standard InChI is InChI=1S/C10H15NO4S/c1-15-5-8(12)3-11-4-9-2-7(6-16-9)10(13)14/h2,6,8,11-12H,3-5H2,1H3,(H,13,14). The molecule has 1 rings (SSSR count). The smallest absolute Gasteiger partial charge is 0.336 e. The third-order valence-electron chi connectivity index (χ3n) is 1.94. The summed E-state index contributed by atoms with van der Waals surface area (Å²) in [4.78, 5) is 11.5. The summed E-state index contributed by atoms with van der Waals surface area (Å²) >= 11 is 1.39. The van der Waals surface area contributed by atoms with Gasteiger partial charge in [-0.25, -0.2) is 4.79 Å². The molecule has 0 aliphatic heterocycles. The Morgan fingerprint density at radius 3 is 3.00 bits per heavy atom. The second-order valence-electron chi connectivity index (χ2n) is 3.35. The number of methoxy groups -OCH3 is 1. The van der Waals surface area contributed by atoms with Crippen molar-refractivity contribution in [2.75, 3.05) is 20.3 Å². The highest BCUT2D eigenvalue weighted by molar-refractivity contribution is 7.10. The number of carboxylic acid groups (broad SMARTS) is 1. The molecule has 3 N–H and O–H groups in total. The average molecular weight is 245 g/mol. The van der Waals surface area contributed by atoms with E-state index in [-0.39, 0.29) is 6.61 Å². The molecule has 6 heteroatoms. The molecule has 1 aromatic heterocycles. The highest BCUT2D eigenvalue weighted by Gasteiger charge is 2.07. The fourth-order valence-electron chi connectivity index (χ4n) is 1.20. The summed E-state index contributed by atoms with van der Waals surface area (Å²) < 4.78 is 4.78. The van der Waals surface area contributed by atoms with Crippen LogP contribution in [0.3, 0.4) is 0 Å². The fraction of sp³-hybridized carbons (Fsp3) is 0.500. The van der Waals surface area contributed by atoms with Crippen molar-refractivity contribution in [3.05, 3.63) is 21.9 Å². The van der Waals surface area contributed by atoms with Crippen LogP contribution in [0.1, 0.15) is 15.2 Å². The highest BCUT2D eigenvalue weighted by Crippen LogP contribution is 2.14. The molecular weight excluding hydrogens is 230 g/mol. The first-order valence-electron chi connectivity index (χ1n) is 4.82. The lowest BCUT2D eigenvalue weighted by Gasteiger charge is -2.09. The minimum atomic E-state index is -0.915. The van der Waals surface area contributed by atoms with Gasteiger partial charge in [-0.1, -0.05) is 0 Å². The number of aliphatic hydroxyl groups excluding tert-OH is 1. The molecule has 0 saturated carbocycles. The number of hydrogen-bond acceptors (Lipinski definition) is 5. The summed E-state index contributed by atoms with van der Waals surface area (Å²) in [6.07, 6.45) is -0.538. The predicted molar refractivity (Wildman–Crippen MR) is 60.9 cm³/mol. The number of thiophene rings is 1. The van der Waals surface area contributed by atoms with Gasteiger partial charge in [0.05, 0.1) is 18.3 Å². The van der Waals surface area contributed by atoms with Gasteiger partial charge >= 0.3 is 5.97 Å². The zero-order valence-corrected chi connectivity index (χ0v) is 9.79. The number of hydrogen-bond donors (Lipinski definition) is 3. The normalized spacial score (nSPS) is 12.6. The lowest BCUT2D eigenvalue weighted by molar-refractivity contribution is 0.0644. The third-order valence-corrected chi connectivity index (χ3v) is 2.88. The van der Waals surface area contributed by atoms with Gasteiger partial charge in [0.2, 0.25) is 0 Å². The number of carboxylic acids is 1. The Bertz CT molecular complexity index is 339. The molecule has 0 aliphatic carbocycles. The van der Waals surface area contributed by atoms with E-state index in [1.54, 1.807) is 11.4 Å². The van der Waals surface area contributed by atoms with E-state index in [9.17, 15) is 9.90 Å². The van der Waals surface area contributed by atoms with E-state index < -0.39 is 12.1 Å². The molecule has 1 atom stereocenters. The number of carbonyl (C=O) groups is 1. The molecule has 0 amide bonds. The molecule has 1 heterocycles. The van der Waals surface area contributed by atoms with Crippen molar-refractivity contribution in [1.29, 1.82) is 0 Å². The van der Waals surface area contributed by atoms with E-state index in [4.69, 9.17) is 9.84 Å². The SMILES string of the molecule is COCC(O)CNCc1cc(C(=O)O)cs1. The topological polar surface area (TPSA) is 78.8 Å². The van der Waals surface area contributed by atoms with Gasteiger partial charge in [0, 0.05) is 30.5 Å². The van der Waals surface area contributed by atoms with Crippen LogP contribution in [-0.2, 0) is 11.3 Å². The maximum Gasteiger partial charge on any atom is 0.336 e. The summed E-state index contributed by atoms with van der Waals surface area (Å²) in [6.45, 7) is 1.27. The van der Waals surface area contributed by atoms with Crippen LogP contribution in [-0.4, -0.2) is 42.5 Å². The van der Waals surface area contributed by atoms with Gasteiger partial charge in [-0.05, 0) is 6.07 Å². The zero-order valence-electron chi connectivity index (χ0n) is 8.97. The largest absolute Gasteiger partial charge is 0.478 e. The lowest BCUT2D eigenvalue weighted by Crippen LogP contribution is -2.29. The van der Waals surface area contributed by atoms with E-state index in [1.165, 1.54) is 18.4 Å². The van der Waals surface area contributed by atoms with Crippen molar-refractivity contribution in [2.45, 2.75) is 12.6 Å². The Morgan fingerprint density at radius 1 is 1.69 bits per heavy atom. The first-order chi connectivity index (χ1) is 7.63. The van der Waals surface area contributed by atoms with E-state index in [0.29, 0.717) is 18.7 Å². The van der Waals surface area contributed by atoms with Crippen molar-refractivity contribution in [3.8, 4) is 0 Å². The number of ether oxygens (including phenoxy) is 1. The minimum Gasteiger partial charge on any atom is -0.478 e. The van der Waals surface area contributed by atoms with Gasteiger partial charge in [-0.2, -0.15) is 0 Å². The Balaban J connectivity index is 2.29. The van der Waals surface area contributed by atoms with Crippen molar-refractivity contribution in [2.24, 2.45) is 0 Å². The first kappa shape index (κ1) is 13.1. The second-order valence-corrected chi connectivity index (χ2v) is 4.34. The molecule has 0 radical (unpaired) electrons. The van der Waals surface area contributed by atoms with Crippen molar-refractivity contribution < 1.29 is 19.7 Å². The van der Waals surface area contributed by atoms with Crippen LogP contribution in [0.2, 0.25) is 0 Å². The molecule has 0 fully saturated rings. The summed E-state index contributed by atoms with van der Waals surface area (Å²) in [7, 11) is 1.53. The Morgan fingerprint density at radius 2 is 2.44 bits per heavy atom.